The third-order valence-electron chi connectivity index (χ3n) is 1.98. The van der Waals surface area contributed by atoms with E-state index >= 15 is 0 Å². The van der Waals surface area contributed by atoms with Gasteiger partial charge in [-0.1, -0.05) is 6.07 Å². The first-order valence-corrected chi connectivity index (χ1v) is 4.05. The summed E-state index contributed by atoms with van der Waals surface area (Å²) in [6.07, 6.45) is 1.71. The van der Waals surface area contributed by atoms with Gasteiger partial charge in [0.05, 0.1) is 17.8 Å². The lowest BCUT2D eigenvalue weighted by Gasteiger charge is -2.03. The van der Waals surface area contributed by atoms with Crippen molar-refractivity contribution in [3.05, 3.63) is 36.0 Å². The second-order valence-corrected chi connectivity index (χ2v) is 2.92. The van der Waals surface area contributed by atoms with Gasteiger partial charge in [0.2, 0.25) is 0 Å². The highest BCUT2D eigenvalue weighted by molar-refractivity contribution is 5.89. The summed E-state index contributed by atoms with van der Waals surface area (Å²) in [4.78, 5) is 4.15. The molecule has 1 aromatic carbocycles. The third kappa shape index (κ3) is 1.34. The third-order valence-corrected chi connectivity index (χ3v) is 1.98. The van der Waals surface area contributed by atoms with E-state index in [4.69, 9.17) is 10.8 Å². The van der Waals surface area contributed by atoms with Crippen LogP contribution >= 0.6 is 0 Å². The van der Waals surface area contributed by atoms with Crippen molar-refractivity contribution in [2.75, 3.05) is 5.73 Å². The number of aromatic nitrogens is 1. The fraction of sp³-hybridized carbons (Fsp3) is 0.100. The van der Waals surface area contributed by atoms with Crippen LogP contribution in [0.25, 0.3) is 10.9 Å². The minimum absolute atomic E-state index is 0.00896. The molecule has 2 rings (SSSR count). The van der Waals surface area contributed by atoms with Crippen molar-refractivity contribution in [2.24, 2.45) is 0 Å². The zero-order valence-corrected chi connectivity index (χ0v) is 7.07. The number of hydrogen-bond donors (Lipinski definition) is 2. The van der Waals surface area contributed by atoms with Gasteiger partial charge in [-0.3, -0.25) is 4.98 Å². The molecule has 0 saturated carbocycles. The maximum absolute atomic E-state index is 8.95. The molecule has 0 spiro atoms. The Balaban J connectivity index is 2.77. The molecule has 0 amide bonds. The van der Waals surface area contributed by atoms with Crippen LogP contribution in [-0.4, -0.2) is 10.1 Å². The molecule has 0 atom stereocenters. The Morgan fingerprint density at radius 2 is 2.23 bits per heavy atom. The predicted octanol–water partition coefficient (Wildman–Crippen LogP) is 1.31. The summed E-state index contributed by atoms with van der Waals surface area (Å²) < 4.78 is 0. The Morgan fingerprint density at radius 1 is 1.38 bits per heavy atom. The van der Waals surface area contributed by atoms with Crippen molar-refractivity contribution in [1.29, 1.82) is 0 Å². The van der Waals surface area contributed by atoms with Gasteiger partial charge in [0.15, 0.2) is 0 Å². The highest BCUT2D eigenvalue weighted by atomic mass is 16.3. The van der Waals surface area contributed by atoms with E-state index in [0.29, 0.717) is 5.69 Å². The van der Waals surface area contributed by atoms with Crippen LogP contribution in [0.5, 0.6) is 0 Å². The van der Waals surface area contributed by atoms with Crippen LogP contribution in [0.1, 0.15) is 5.56 Å². The number of nitrogens with two attached hydrogens (primary N) is 1. The molecule has 0 aliphatic rings. The van der Waals surface area contributed by atoms with Crippen LogP contribution in [0, 0.1) is 0 Å². The summed E-state index contributed by atoms with van der Waals surface area (Å²) in [6.45, 7) is 0.00896. The second kappa shape index (κ2) is 3.03. The van der Waals surface area contributed by atoms with Crippen molar-refractivity contribution < 1.29 is 5.11 Å². The SMILES string of the molecule is Nc1cc(CO)cc2cccnc12. The molecule has 0 radical (unpaired) electrons. The first kappa shape index (κ1) is 8.01. The van der Waals surface area contributed by atoms with Crippen molar-refractivity contribution in [3.8, 4) is 0 Å². The molecule has 0 unspecified atom stereocenters. The summed E-state index contributed by atoms with van der Waals surface area (Å²) in [5.41, 5.74) is 7.98. The maximum Gasteiger partial charge on any atom is 0.0931 e. The van der Waals surface area contributed by atoms with Crippen molar-refractivity contribution in [1.82, 2.24) is 4.98 Å². The standard InChI is InChI=1S/C10H10N2O/c11-9-5-7(6-13)4-8-2-1-3-12-10(8)9/h1-5,13H,6,11H2. The summed E-state index contributed by atoms with van der Waals surface area (Å²) in [6, 6.07) is 7.41. The number of aliphatic hydroxyl groups is 1. The van der Waals surface area contributed by atoms with Gasteiger partial charge < -0.3 is 10.8 Å². The number of nitrogen functional groups attached to an aromatic ring is 1. The average Bonchev–Trinajstić information content (AvgIpc) is 2.18. The first-order chi connectivity index (χ1) is 6.31. The summed E-state index contributed by atoms with van der Waals surface area (Å²) in [5, 5.41) is 9.91. The van der Waals surface area contributed by atoms with Gasteiger partial charge in [0.1, 0.15) is 0 Å². The molecule has 1 heterocycles. The number of anilines is 1. The molecule has 2 aromatic rings. The van der Waals surface area contributed by atoms with E-state index in [1.807, 2.05) is 18.2 Å². The van der Waals surface area contributed by atoms with Crippen LogP contribution < -0.4 is 5.73 Å². The molecule has 0 saturated heterocycles. The van der Waals surface area contributed by atoms with Gasteiger partial charge in [0, 0.05) is 11.6 Å². The fourth-order valence-electron chi connectivity index (χ4n) is 1.38. The van der Waals surface area contributed by atoms with Gasteiger partial charge in [-0.25, -0.2) is 0 Å². The van der Waals surface area contributed by atoms with E-state index in [2.05, 4.69) is 4.98 Å². The number of rotatable bonds is 1. The summed E-state index contributed by atoms with van der Waals surface area (Å²) in [5.74, 6) is 0. The number of hydrogen-bond acceptors (Lipinski definition) is 3. The number of fused-ring (bicyclic) bond motifs is 1. The van der Waals surface area contributed by atoms with Crippen LogP contribution in [0.15, 0.2) is 30.5 Å². The van der Waals surface area contributed by atoms with E-state index in [9.17, 15) is 0 Å². The molecule has 0 fully saturated rings. The van der Waals surface area contributed by atoms with Crippen LogP contribution in [-0.2, 0) is 6.61 Å². The smallest absolute Gasteiger partial charge is 0.0931 e. The monoisotopic (exact) mass is 174 g/mol. The molecule has 0 bridgehead atoms. The molecule has 0 aliphatic carbocycles. The minimum atomic E-state index is 0.00896. The minimum Gasteiger partial charge on any atom is -0.397 e. The summed E-state index contributed by atoms with van der Waals surface area (Å²) >= 11 is 0. The molecule has 3 heteroatoms. The van der Waals surface area contributed by atoms with Gasteiger partial charge >= 0.3 is 0 Å². The Labute approximate surface area is 75.8 Å². The quantitative estimate of drug-likeness (QED) is 0.641. The van der Waals surface area contributed by atoms with Gasteiger partial charge in [-0.2, -0.15) is 0 Å². The highest BCUT2D eigenvalue weighted by Gasteiger charge is 2.00. The Bertz CT molecular complexity index is 440. The highest BCUT2D eigenvalue weighted by Crippen LogP contribution is 2.20. The Morgan fingerprint density at radius 3 is 3.00 bits per heavy atom. The van der Waals surface area contributed by atoms with E-state index in [1.54, 1.807) is 12.3 Å². The number of aliphatic hydroxyl groups excluding tert-OH is 1. The van der Waals surface area contributed by atoms with Crippen LogP contribution in [0.2, 0.25) is 0 Å². The fourth-order valence-corrected chi connectivity index (χ4v) is 1.38. The number of pyridine rings is 1. The lowest BCUT2D eigenvalue weighted by atomic mass is 10.1. The Kier molecular flexibility index (Phi) is 1.87. The molecule has 3 nitrogen and oxygen atoms in total. The Hall–Kier alpha value is -1.61. The van der Waals surface area contributed by atoms with Gasteiger partial charge in [0.25, 0.3) is 0 Å². The van der Waals surface area contributed by atoms with Crippen molar-refractivity contribution in [2.45, 2.75) is 6.61 Å². The molecule has 0 aliphatic heterocycles. The predicted molar refractivity (Wildman–Crippen MR) is 52.1 cm³/mol. The van der Waals surface area contributed by atoms with E-state index in [-0.39, 0.29) is 6.61 Å². The number of nitrogens with zero attached hydrogens (tertiary/aromatic N) is 1. The maximum atomic E-state index is 8.95. The molecular formula is C10H10N2O. The van der Waals surface area contributed by atoms with Crippen LogP contribution in [0.4, 0.5) is 5.69 Å². The second-order valence-electron chi connectivity index (χ2n) is 2.92. The average molecular weight is 174 g/mol. The number of benzene rings is 1. The van der Waals surface area contributed by atoms with Gasteiger partial charge in [-0.05, 0) is 23.8 Å². The topological polar surface area (TPSA) is 59.1 Å². The molecule has 13 heavy (non-hydrogen) atoms. The molecule has 1 aromatic heterocycles. The van der Waals surface area contributed by atoms with E-state index in [1.165, 1.54) is 0 Å². The molecule has 3 N–H and O–H groups in total. The zero-order chi connectivity index (χ0) is 9.26. The normalized spacial score (nSPS) is 10.5. The van der Waals surface area contributed by atoms with E-state index in [0.717, 1.165) is 16.5 Å². The van der Waals surface area contributed by atoms with E-state index < -0.39 is 0 Å². The molecule has 66 valence electrons. The van der Waals surface area contributed by atoms with Crippen molar-refractivity contribution in [3.63, 3.8) is 0 Å². The summed E-state index contributed by atoms with van der Waals surface area (Å²) in [7, 11) is 0. The van der Waals surface area contributed by atoms with Crippen molar-refractivity contribution >= 4 is 16.6 Å². The van der Waals surface area contributed by atoms with Crippen LogP contribution in [0.3, 0.4) is 0 Å². The zero-order valence-electron chi connectivity index (χ0n) is 7.07. The lowest BCUT2D eigenvalue weighted by molar-refractivity contribution is 0.282. The lowest BCUT2D eigenvalue weighted by Crippen LogP contribution is -1.92. The first-order valence-electron chi connectivity index (χ1n) is 4.05. The van der Waals surface area contributed by atoms with Gasteiger partial charge in [-0.15, -0.1) is 0 Å². The largest absolute Gasteiger partial charge is 0.397 e. The molecular weight excluding hydrogens is 164 g/mol.